The van der Waals surface area contributed by atoms with Gasteiger partial charge in [-0.3, -0.25) is 4.99 Å². The third-order valence-electron chi connectivity index (χ3n) is 5.33. The molecule has 28 heavy (non-hydrogen) atoms. The number of aliphatic imine (C=N–C) groups is 1. The Labute approximate surface area is 170 Å². The van der Waals surface area contributed by atoms with Crippen LogP contribution < -0.4 is 10.6 Å². The molecule has 0 bridgehead atoms. The summed E-state index contributed by atoms with van der Waals surface area (Å²) in [5.74, 6) is 1.66. The predicted octanol–water partition coefficient (Wildman–Crippen LogP) is 1.19. The summed E-state index contributed by atoms with van der Waals surface area (Å²) >= 11 is 0. The SMILES string of the molecule is CCCS(=O)(=O)N1CCC(NC(=NC)NCCCOCC2CCOCC2)CC1. The van der Waals surface area contributed by atoms with Gasteiger partial charge in [0.2, 0.25) is 10.0 Å². The van der Waals surface area contributed by atoms with Gasteiger partial charge in [-0.05, 0) is 44.4 Å². The Morgan fingerprint density at radius 3 is 2.57 bits per heavy atom. The van der Waals surface area contributed by atoms with Gasteiger partial charge in [0.1, 0.15) is 0 Å². The lowest BCUT2D eigenvalue weighted by Crippen LogP contribution is -2.50. The Morgan fingerprint density at radius 1 is 1.21 bits per heavy atom. The molecule has 0 aromatic heterocycles. The predicted molar refractivity (Wildman–Crippen MR) is 112 cm³/mol. The molecule has 2 aliphatic rings. The number of piperidine rings is 1. The maximum atomic E-state index is 12.2. The molecule has 2 heterocycles. The zero-order valence-corrected chi connectivity index (χ0v) is 18.3. The molecule has 0 amide bonds. The van der Waals surface area contributed by atoms with Crippen molar-refractivity contribution in [2.24, 2.45) is 10.9 Å². The third kappa shape index (κ3) is 8.23. The Balaban J connectivity index is 1.56. The van der Waals surface area contributed by atoms with E-state index in [9.17, 15) is 8.42 Å². The van der Waals surface area contributed by atoms with E-state index in [2.05, 4.69) is 15.6 Å². The molecule has 0 aromatic rings. The molecule has 0 saturated carbocycles. The number of nitrogens with one attached hydrogen (secondary N) is 2. The normalized spacial score (nSPS) is 21.0. The van der Waals surface area contributed by atoms with Gasteiger partial charge in [0.15, 0.2) is 5.96 Å². The van der Waals surface area contributed by atoms with E-state index in [1.54, 1.807) is 11.4 Å². The van der Waals surface area contributed by atoms with Crippen LogP contribution >= 0.6 is 0 Å². The highest BCUT2D eigenvalue weighted by atomic mass is 32.2. The molecule has 2 aliphatic heterocycles. The zero-order chi connectivity index (χ0) is 20.2. The Kier molecular flexibility index (Phi) is 10.5. The molecular weight excluding hydrogens is 380 g/mol. The van der Waals surface area contributed by atoms with Crippen LogP contribution in [-0.2, 0) is 19.5 Å². The molecule has 164 valence electrons. The molecule has 9 heteroatoms. The first-order valence-electron chi connectivity index (χ1n) is 10.7. The van der Waals surface area contributed by atoms with Gasteiger partial charge in [-0.1, -0.05) is 6.92 Å². The minimum absolute atomic E-state index is 0.241. The molecule has 0 unspecified atom stereocenters. The van der Waals surface area contributed by atoms with Gasteiger partial charge >= 0.3 is 0 Å². The molecule has 2 N–H and O–H groups in total. The lowest BCUT2D eigenvalue weighted by atomic mass is 10.0. The van der Waals surface area contributed by atoms with Gasteiger partial charge in [-0.15, -0.1) is 0 Å². The quantitative estimate of drug-likeness (QED) is 0.315. The van der Waals surface area contributed by atoms with Crippen LogP contribution in [0.4, 0.5) is 0 Å². The molecule has 0 aromatic carbocycles. The minimum Gasteiger partial charge on any atom is -0.381 e. The van der Waals surface area contributed by atoms with Crippen LogP contribution in [0.15, 0.2) is 4.99 Å². The molecule has 0 aliphatic carbocycles. The maximum absolute atomic E-state index is 12.2. The number of rotatable bonds is 10. The fourth-order valence-corrected chi connectivity index (χ4v) is 5.14. The standard InChI is InChI=1S/C19H38N4O4S/c1-3-15-28(24,25)23-10-5-18(6-11-23)22-19(20-2)21-9-4-12-27-16-17-7-13-26-14-8-17/h17-18H,3-16H2,1-2H3,(H2,20,21,22). The first kappa shape index (κ1) is 23.4. The summed E-state index contributed by atoms with van der Waals surface area (Å²) < 4.78 is 37.1. The van der Waals surface area contributed by atoms with Crippen molar-refractivity contribution < 1.29 is 17.9 Å². The van der Waals surface area contributed by atoms with Crippen molar-refractivity contribution in [3.8, 4) is 0 Å². The van der Waals surface area contributed by atoms with Crippen molar-refractivity contribution >= 4 is 16.0 Å². The van der Waals surface area contributed by atoms with Gasteiger partial charge in [-0.25, -0.2) is 12.7 Å². The Bertz CT molecular complexity index is 556. The summed E-state index contributed by atoms with van der Waals surface area (Å²) in [6.07, 6.45) is 5.41. The zero-order valence-electron chi connectivity index (χ0n) is 17.5. The number of guanidine groups is 1. The van der Waals surface area contributed by atoms with E-state index in [1.807, 2.05) is 6.92 Å². The van der Waals surface area contributed by atoms with Gasteiger partial charge < -0.3 is 20.1 Å². The third-order valence-corrected chi connectivity index (χ3v) is 7.40. The highest BCUT2D eigenvalue weighted by Gasteiger charge is 2.27. The lowest BCUT2D eigenvalue weighted by Gasteiger charge is -2.32. The average molecular weight is 419 g/mol. The number of hydrogen-bond donors (Lipinski definition) is 2. The van der Waals surface area contributed by atoms with Crippen LogP contribution in [-0.4, -0.2) is 83.6 Å². The molecule has 0 spiro atoms. The fourth-order valence-electron chi connectivity index (χ4n) is 3.60. The number of sulfonamides is 1. The van der Waals surface area contributed by atoms with Gasteiger partial charge in [0.05, 0.1) is 5.75 Å². The average Bonchev–Trinajstić information content (AvgIpc) is 2.70. The van der Waals surface area contributed by atoms with Crippen LogP contribution in [0.2, 0.25) is 0 Å². The first-order valence-corrected chi connectivity index (χ1v) is 12.3. The van der Waals surface area contributed by atoms with Gasteiger partial charge in [0.25, 0.3) is 0 Å². The van der Waals surface area contributed by atoms with Gasteiger partial charge in [-0.2, -0.15) is 0 Å². The van der Waals surface area contributed by atoms with E-state index in [1.165, 1.54) is 0 Å². The largest absolute Gasteiger partial charge is 0.381 e. The highest BCUT2D eigenvalue weighted by molar-refractivity contribution is 7.89. The molecule has 2 saturated heterocycles. The van der Waals surface area contributed by atoms with E-state index in [-0.39, 0.29) is 11.8 Å². The van der Waals surface area contributed by atoms with E-state index >= 15 is 0 Å². The van der Waals surface area contributed by atoms with Crippen LogP contribution in [0.5, 0.6) is 0 Å². The van der Waals surface area contributed by atoms with Crippen LogP contribution in [0, 0.1) is 5.92 Å². The Morgan fingerprint density at radius 2 is 1.93 bits per heavy atom. The van der Waals surface area contributed by atoms with Crippen molar-refractivity contribution in [2.75, 3.05) is 58.9 Å². The summed E-state index contributed by atoms with van der Waals surface area (Å²) in [4.78, 5) is 4.28. The number of nitrogens with zero attached hydrogens (tertiary/aromatic N) is 2. The molecule has 2 fully saturated rings. The number of hydrogen-bond acceptors (Lipinski definition) is 5. The second-order valence-electron chi connectivity index (χ2n) is 7.62. The summed E-state index contributed by atoms with van der Waals surface area (Å²) in [6.45, 7) is 7.16. The van der Waals surface area contributed by atoms with Crippen molar-refractivity contribution in [2.45, 2.75) is 51.5 Å². The summed E-state index contributed by atoms with van der Waals surface area (Å²) in [7, 11) is -1.32. The van der Waals surface area contributed by atoms with Crippen molar-refractivity contribution in [1.29, 1.82) is 0 Å². The Hall–Kier alpha value is -0.900. The van der Waals surface area contributed by atoms with Crippen LogP contribution in [0.3, 0.4) is 0 Å². The molecule has 0 atom stereocenters. The first-order chi connectivity index (χ1) is 13.5. The molecule has 0 radical (unpaired) electrons. The van der Waals surface area contributed by atoms with Crippen molar-refractivity contribution in [3.05, 3.63) is 0 Å². The smallest absolute Gasteiger partial charge is 0.214 e. The molecular formula is C19H38N4O4S. The van der Waals surface area contributed by atoms with Crippen molar-refractivity contribution in [1.82, 2.24) is 14.9 Å². The van der Waals surface area contributed by atoms with Gasteiger partial charge in [0, 0.05) is 59.2 Å². The van der Waals surface area contributed by atoms with E-state index < -0.39 is 10.0 Å². The van der Waals surface area contributed by atoms with Crippen LogP contribution in [0.1, 0.15) is 45.4 Å². The summed E-state index contributed by atoms with van der Waals surface area (Å²) in [5, 5.41) is 6.74. The number of ether oxygens (including phenoxy) is 2. The molecule has 8 nitrogen and oxygen atoms in total. The topological polar surface area (TPSA) is 92.3 Å². The fraction of sp³-hybridized carbons (Fsp3) is 0.947. The lowest BCUT2D eigenvalue weighted by molar-refractivity contribution is 0.0203. The summed E-state index contributed by atoms with van der Waals surface area (Å²) in [5.41, 5.74) is 0. The van der Waals surface area contributed by atoms with E-state index in [4.69, 9.17) is 9.47 Å². The van der Waals surface area contributed by atoms with E-state index in [0.717, 1.165) is 71.0 Å². The van der Waals surface area contributed by atoms with Crippen molar-refractivity contribution in [3.63, 3.8) is 0 Å². The molecule has 2 rings (SSSR count). The maximum Gasteiger partial charge on any atom is 0.214 e. The minimum atomic E-state index is -3.08. The summed E-state index contributed by atoms with van der Waals surface area (Å²) in [6, 6.07) is 0.254. The second kappa shape index (κ2) is 12.6. The highest BCUT2D eigenvalue weighted by Crippen LogP contribution is 2.15. The second-order valence-corrected chi connectivity index (χ2v) is 9.71. The monoisotopic (exact) mass is 418 g/mol. The van der Waals surface area contributed by atoms with E-state index in [0.29, 0.717) is 25.4 Å². The van der Waals surface area contributed by atoms with Crippen LogP contribution in [0.25, 0.3) is 0 Å².